The number of rotatable bonds is 7. The molecule has 0 fully saturated rings. The van der Waals surface area contributed by atoms with Gasteiger partial charge in [-0.3, -0.25) is 16.0 Å². The van der Waals surface area contributed by atoms with Gasteiger partial charge in [0.1, 0.15) is 4.90 Å². The van der Waals surface area contributed by atoms with E-state index < -0.39 is 21.0 Å². The molecule has 9 nitrogen and oxygen atoms in total. The van der Waals surface area contributed by atoms with E-state index in [-0.39, 0.29) is 22.9 Å². The van der Waals surface area contributed by atoms with Crippen LogP contribution in [0.15, 0.2) is 23.1 Å². The maximum Gasteiger partial charge on any atom is 0.271 e. The highest BCUT2D eigenvalue weighted by atomic mass is 32.2. The highest BCUT2D eigenvalue weighted by Crippen LogP contribution is 2.25. The molecule has 0 aliphatic rings. The van der Waals surface area contributed by atoms with Gasteiger partial charge >= 0.3 is 0 Å². The molecule has 1 aromatic rings. The number of benzene rings is 1. The number of nitrogens with zero attached hydrogens (tertiary/aromatic N) is 1. The Morgan fingerprint density at radius 3 is 2.65 bits per heavy atom. The summed E-state index contributed by atoms with van der Waals surface area (Å²) in [5, 5.41) is 10.6. The van der Waals surface area contributed by atoms with Gasteiger partial charge in [-0.2, -0.15) is 0 Å². The van der Waals surface area contributed by atoms with E-state index in [1.807, 2.05) is 0 Å². The molecule has 0 radical (unpaired) electrons. The molecule has 1 aromatic carbocycles. The maximum absolute atomic E-state index is 12.1. The normalized spacial score (nSPS) is 12.9. The van der Waals surface area contributed by atoms with Crippen molar-refractivity contribution < 1.29 is 18.1 Å². The topological polar surface area (TPSA) is 137 Å². The lowest BCUT2D eigenvalue weighted by atomic mass is 10.3. The number of hydrazine groups is 1. The molecular formula is C10H16N4O5S. The molecule has 0 aromatic heterocycles. The first-order valence-electron chi connectivity index (χ1n) is 5.58. The summed E-state index contributed by atoms with van der Waals surface area (Å²) in [5.41, 5.74) is 1.83. The molecule has 10 heteroatoms. The molecule has 1 atom stereocenters. The number of nitrogens with two attached hydrogens (primary N) is 1. The molecule has 1 rings (SSSR count). The van der Waals surface area contributed by atoms with Crippen molar-refractivity contribution in [2.24, 2.45) is 5.84 Å². The second-order valence-corrected chi connectivity index (χ2v) is 5.74. The van der Waals surface area contributed by atoms with Gasteiger partial charge in [-0.25, -0.2) is 13.1 Å². The summed E-state index contributed by atoms with van der Waals surface area (Å²) >= 11 is 0. The summed E-state index contributed by atoms with van der Waals surface area (Å²) in [5.74, 6) is 5.22. The SMILES string of the molecule is COCC(C)NS(=O)(=O)c1ccc([N+](=O)[O-])cc1NN. The molecule has 4 N–H and O–H groups in total. The lowest BCUT2D eigenvalue weighted by Crippen LogP contribution is -2.36. The molecule has 0 aliphatic carbocycles. The zero-order valence-corrected chi connectivity index (χ0v) is 11.8. The summed E-state index contributed by atoms with van der Waals surface area (Å²) < 4.78 is 31.5. The smallest absolute Gasteiger partial charge is 0.271 e. The van der Waals surface area contributed by atoms with Crippen LogP contribution in [0.1, 0.15) is 6.92 Å². The van der Waals surface area contributed by atoms with Crippen molar-refractivity contribution in [3.05, 3.63) is 28.3 Å². The molecule has 20 heavy (non-hydrogen) atoms. The summed E-state index contributed by atoms with van der Waals surface area (Å²) in [6.07, 6.45) is 0. The number of anilines is 1. The van der Waals surface area contributed by atoms with E-state index in [2.05, 4.69) is 10.1 Å². The van der Waals surface area contributed by atoms with E-state index in [1.165, 1.54) is 7.11 Å². The Hall–Kier alpha value is -1.75. The van der Waals surface area contributed by atoms with Gasteiger partial charge in [0.05, 0.1) is 17.2 Å². The molecule has 0 bridgehead atoms. The summed E-state index contributed by atoms with van der Waals surface area (Å²) in [6, 6.07) is 2.81. The van der Waals surface area contributed by atoms with Crippen molar-refractivity contribution in [2.75, 3.05) is 19.1 Å². The molecule has 0 aliphatic heterocycles. The van der Waals surface area contributed by atoms with Crippen LogP contribution in [-0.4, -0.2) is 33.1 Å². The van der Waals surface area contributed by atoms with Crippen molar-refractivity contribution in [3.8, 4) is 0 Å². The van der Waals surface area contributed by atoms with Crippen molar-refractivity contribution in [2.45, 2.75) is 17.9 Å². The van der Waals surface area contributed by atoms with E-state index in [9.17, 15) is 18.5 Å². The van der Waals surface area contributed by atoms with Gasteiger partial charge in [0.15, 0.2) is 0 Å². The third-order valence-corrected chi connectivity index (χ3v) is 4.04. The number of sulfonamides is 1. The Balaban J connectivity index is 3.15. The number of nitrogen functional groups attached to an aromatic ring is 1. The van der Waals surface area contributed by atoms with E-state index in [4.69, 9.17) is 10.6 Å². The third kappa shape index (κ3) is 3.87. The first kappa shape index (κ1) is 16.3. The predicted octanol–water partition coefficient (Wildman–Crippen LogP) is 0.194. The largest absolute Gasteiger partial charge is 0.383 e. The molecule has 1 unspecified atom stereocenters. The Morgan fingerprint density at radius 1 is 1.50 bits per heavy atom. The fourth-order valence-electron chi connectivity index (χ4n) is 1.59. The van der Waals surface area contributed by atoms with Gasteiger partial charge in [0.25, 0.3) is 5.69 Å². The Bertz CT molecular complexity index is 589. The standard InChI is InChI=1S/C10H16N4O5S/c1-7(6-19-2)13-20(17,18)10-4-3-8(14(15)16)5-9(10)12-11/h3-5,7,12-13H,6,11H2,1-2H3. The third-order valence-electron chi connectivity index (χ3n) is 2.39. The summed E-state index contributed by atoms with van der Waals surface area (Å²) in [4.78, 5) is 9.84. The fourth-order valence-corrected chi connectivity index (χ4v) is 2.97. The summed E-state index contributed by atoms with van der Waals surface area (Å²) in [6.45, 7) is 1.82. The second-order valence-electron chi connectivity index (χ2n) is 4.06. The van der Waals surface area contributed by atoms with Crippen LogP contribution in [0.25, 0.3) is 0 Å². The number of hydrogen-bond donors (Lipinski definition) is 3. The van der Waals surface area contributed by atoms with Gasteiger partial charge in [-0.15, -0.1) is 0 Å². The average Bonchev–Trinajstić information content (AvgIpc) is 2.37. The molecule has 0 saturated heterocycles. The number of nitro groups is 1. The van der Waals surface area contributed by atoms with Crippen LogP contribution in [0.2, 0.25) is 0 Å². The maximum atomic E-state index is 12.1. The predicted molar refractivity (Wildman–Crippen MR) is 72.6 cm³/mol. The zero-order valence-electron chi connectivity index (χ0n) is 11.0. The van der Waals surface area contributed by atoms with E-state index in [0.29, 0.717) is 0 Å². The van der Waals surface area contributed by atoms with Gasteiger partial charge in [0, 0.05) is 25.3 Å². The first-order chi connectivity index (χ1) is 9.31. The average molecular weight is 304 g/mol. The van der Waals surface area contributed by atoms with Crippen LogP contribution in [-0.2, 0) is 14.8 Å². The lowest BCUT2D eigenvalue weighted by Gasteiger charge is -2.15. The van der Waals surface area contributed by atoms with Crippen LogP contribution in [0.5, 0.6) is 0 Å². The lowest BCUT2D eigenvalue weighted by molar-refractivity contribution is -0.384. The van der Waals surface area contributed by atoms with Crippen LogP contribution in [0.4, 0.5) is 11.4 Å². The van der Waals surface area contributed by atoms with Gasteiger partial charge in [0.2, 0.25) is 10.0 Å². The highest BCUT2D eigenvalue weighted by Gasteiger charge is 2.22. The molecule has 0 spiro atoms. The zero-order chi connectivity index (χ0) is 15.3. The van der Waals surface area contributed by atoms with Crippen LogP contribution in [0, 0.1) is 10.1 Å². The van der Waals surface area contributed by atoms with Gasteiger partial charge in [-0.1, -0.05) is 0 Å². The van der Waals surface area contributed by atoms with Gasteiger partial charge < -0.3 is 10.2 Å². The number of nitro benzene ring substituents is 1. The van der Waals surface area contributed by atoms with Crippen molar-refractivity contribution in [1.82, 2.24) is 4.72 Å². The number of ether oxygens (including phenoxy) is 1. The van der Waals surface area contributed by atoms with E-state index in [1.54, 1.807) is 6.92 Å². The number of methoxy groups -OCH3 is 1. The molecule has 0 amide bonds. The van der Waals surface area contributed by atoms with Crippen LogP contribution in [0.3, 0.4) is 0 Å². The minimum absolute atomic E-state index is 0.0590. The Labute approximate surface area is 116 Å². The van der Waals surface area contributed by atoms with Crippen molar-refractivity contribution in [3.63, 3.8) is 0 Å². The number of hydrogen-bond acceptors (Lipinski definition) is 7. The second kappa shape index (κ2) is 6.61. The quantitative estimate of drug-likeness (QED) is 0.371. The number of non-ortho nitro benzene ring substituents is 1. The molecular weight excluding hydrogens is 288 g/mol. The molecule has 112 valence electrons. The fraction of sp³-hybridized carbons (Fsp3) is 0.400. The molecule has 0 saturated carbocycles. The Morgan fingerprint density at radius 2 is 2.15 bits per heavy atom. The monoisotopic (exact) mass is 304 g/mol. The number of nitrogens with one attached hydrogen (secondary N) is 2. The van der Waals surface area contributed by atoms with Crippen molar-refractivity contribution in [1.29, 1.82) is 0 Å². The van der Waals surface area contributed by atoms with E-state index in [0.717, 1.165) is 18.2 Å². The minimum atomic E-state index is -3.86. The Kier molecular flexibility index (Phi) is 5.39. The minimum Gasteiger partial charge on any atom is -0.383 e. The summed E-state index contributed by atoms with van der Waals surface area (Å²) in [7, 11) is -2.41. The highest BCUT2D eigenvalue weighted by molar-refractivity contribution is 7.89. The van der Waals surface area contributed by atoms with Crippen LogP contribution >= 0.6 is 0 Å². The van der Waals surface area contributed by atoms with Crippen LogP contribution < -0.4 is 16.0 Å². The first-order valence-corrected chi connectivity index (χ1v) is 7.06. The van der Waals surface area contributed by atoms with E-state index >= 15 is 0 Å². The molecule has 0 heterocycles. The van der Waals surface area contributed by atoms with Crippen molar-refractivity contribution >= 4 is 21.4 Å². The van der Waals surface area contributed by atoms with Gasteiger partial charge in [-0.05, 0) is 13.0 Å².